The SMILES string of the molecule is c1ccc(-c2c3ccc(-c4cccc5sc6ccccc6c45)cc3c(-c3ccc4ccccc4c3)c3cc([SH]4c5ccccc5-c5c(-c6ccc7c(-c8ccccc8)c8cc(-c9cccc%10c9sc9cccc(-c%11ccc%12c(-c%13ccc%14ccccc%14c%13)c%13ccccc%13c(-c%13ccc%14ccccc%14c%13)c%12c%11)c9%10)ccc8c(-c8cccc9ccccc89)c7c6)cccc54)ccc23)cc1. The lowest BCUT2D eigenvalue weighted by Gasteiger charge is -2.23. The Morgan fingerprint density at radius 2 is 0.481 bits per heavy atom. The van der Waals surface area contributed by atoms with E-state index >= 15 is 0 Å². The Kier molecular flexibility index (Phi) is 17.2. The molecular weight excluding hydrogens is 1660 g/mol. The zero-order chi connectivity index (χ0) is 87.0. The van der Waals surface area contributed by atoms with E-state index in [1.807, 2.05) is 22.7 Å². The second-order valence-electron chi connectivity index (χ2n) is 35.8. The molecule has 28 rings (SSSR count). The van der Waals surface area contributed by atoms with Gasteiger partial charge in [-0.3, -0.25) is 0 Å². The first kappa shape index (κ1) is 75.8. The number of benzene rings is 25. The number of hydrogen-bond acceptors (Lipinski definition) is 2. The minimum absolute atomic E-state index is 1.09. The van der Waals surface area contributed by atoms with Crippen LogP contribution in [-0.4, -0.2) is 0 Å². The van der Waals surface area contributed by atoms with Gasteiger partial charge in [-0.15, -0.1) is 22.7 Å². The third-order valence-electron chi connectivity index (χ3n) is 28.7. The molecule has 0 amide bonds. The molecule has 0 radical (unpaired) electrons. The summed E-state index contributed by atoms with van der Waals surface area (Å²) >= 11 is 3.79. The van der Waals surface area contributed by atoms with E-state index in [1.54, 1.807) is 0 Å². The summed E-state index contributed by atoms with van der Waals surface area (Å²) in [6.45, 7) is 0. The van der Waals surface area contributed by atoms with E-state index < -0.39 is 10.9 Å². The molecule has 25 aromatic carbocycles. The van der Waals surface area contributed by atoms with Gasteiger partial charge in [0.1, 0.15) is 0 Å². The van der Waals surface area contributed by atoms with Crippen molar-refractivity contribution < 1.29 is 0 Å². The van der Waals surface area contributed by atoms with Crippen LogP contribution in [0.3, 0.4) is 0 Å². The summed E-state index contributed by atoms with van der Waals surface area (Å²) in [5.74, 6) is 0. The van der Waals surface area contributed by atoms with Crippen LogP contribution < -0.4 is 0 Å². The summed E-state index contributed by atoms with van der Waals surface area (Å²) in [5, 5.41) is 29.8. The van der Waals surface area contributed by atoms with Gasteiger partial charge in [0.2, 0.25) is 0 Å². The summed E-state index contributed by atoms with van der Waals surface area (Å²) in [6.07, 6.45) is 0. The van der Waals surface area contributed by atoms with Gasteiger partial charge < -0.3 is 0 Å². The Morgan fingerprint density at radius 1 is 0.143 bits per heavy atom. The first-order valence-corrected chi connectivity index (χ1v) is 48.9. The number of rotatable bonds is 11. The molecule has 0 fully saturated rings. The summed E-state index contributed by atoms with van der Waals surface area (Å²) in [7, 11) is -1.09. The maximum atomic E-state index is 2.61. The van der Waals surface area contributed by atoms with E-state index in [-0.39, 0.29) is 0 Å². The topological polar surface area (TPSA) is 0 Å². The fraction of sp³-hybridized carbons (Fsp3) is 0. The van der Waals surface area contributed by atoms with Gasteiger partial charge in [-0.25, -0.2) is 0 Å². The lowest BCUT2D eigenvalue weighted by atomic mass is 9.82. The Hall–Kier alpha value is -16.1. The van der Waals surface area contributed by atoms with Gasteiger partial charge in [-0.1, -0.05) is 382 Å². The van der Waals surface area contributed by atoms with E-state index in [0.29, 0.717) is 0 Å². The summed E-state index contributed by atoms with van der Waals surface area (Å²) in [4.78, 5) is 4.08. The molecule has 0 N–H and O–H groups in total. The highest BCUT2D eigenvalue weighted by Gasteiger charge is 2.33. The lowest BCUT2D eigenvalue weighted by Crippen LogP contribution is -1.94. The predicted molar refractivity (Wildman–Crippen MR) is 577 cm³/mol. The average molecular weight is 1740 g/mol. The van der Waals surface area contributed by atoms with E-state index in [4.69, 9.17) is 0 Å². The molecule has 0 spiro atoms. The van der Waals surface area contributed by atoms with Gasteiger partial charge in [0.05, 0.1) is 0 Å². The number of hydrogen-bond donors (Lipinski definition) is 1. The maximum Gasteiger partial charge on any atom is 0.0434 e. The van der Waals surface area contributed by atoms with Crippen molar-refractivity contribution in [3.05, 3.63) is 467 Å². The summed E-state index contributed by atoms with van der Waals surface area (Å²) in [6, 6.07) is 178. The molecule has 1 aliphatic heterocycles. The van der Waals surface area contributed by atoms with E-state index in [9.17, 15) is 0 Å². The minimum atomic E-state index is -1.09. The van der Waals surface area contributed by atoms with Crippen molar-refractivity contribution in [2.75, 3.05) is 0 Å². The van der Waals surface area contributed by atoms with E-state index in [1.165, 1.54) is 285 Å². The van der Waals surface area contributed by atoms with Crippen molar-refractivity contribution in [2.24, 2.45) is 0 Å². The zero-order valence-corrected chi connectivity index (χ0v) is 74.7. The van der Waals surface area contributed by atoms with Crippen LogP contribution in [0.5, 0.6) is 0 Å². The molecule has 616 valence electrons. The maximum absolute atomic E-state index is 2.61. The quantitative estimate of drug-likeness (QED) is 0.0968. The van der Waals surface area contributed by atoms with Gasteiger partial charge in [0.25, 0.3) is 0 Å². The van der Waals surface area contributed by atoms with Crippen LogP contribution in [0.4, 0.5) is 0 Å². The Balaban J connectivity index is 0.623. The molecule has 1 unspecified atom stereocenters. The van der Waals surface area contributed by atoms with Crippen molar-refractivity contribution >= 4 is 182 Å². The van der Waals surface area contributed by atoms with Crippen molar-refractivity contribution in [3.8, 4) is 122 Å². The van der Waals surface area contributed by atoms with Crippen LogP contribution in [0.25, 0.3) is 270 Å². The monoisotopic (exact) mass is 1730 g/mol. The lowest BCUT2D eigenvalue weighted by molar-refractivity contribution is 1.42. The molecule has 0 nitrogen and oxygen atoms in total. The van der Waals surface area contributed by atoms with Gasteiger partial charge in [0.15, 0.2) is 0 Å². The predicted octanol–water partition coefficient (Wildman–Crippen LogP) is 38.1. The Morgan fingerprint density at radius 3 is 1.08 bits per heavy atom. The Labute approximate surface area is 779 Å². The van der Waals surface area contributed by atoms with Crippen LogP contribution in [0.2, 0.25) is 0 Å². The molecule has 0 saturated heterocycles. The zero-order valence-electron chi connectivity index (χ0n) is 72.2. The fourth-order valence-corrected chi connectivity index (χ4v) is 27.9. The first-order chi connectivity index (χ1) is 66.0. The van der Waals surface area contributed by atoms with Gasteiger partial charge >= 0.3 is 0 Å². The van der Waals surface area contributed by atoms with Gasteiger partial charge in [-0.05, 0) is 314 Å². The highest BCUT2D eigenvalue weighted by molar-refractivity contribution is 8.17. The van der Waals surface area contributed by atoms with E-state index in [0.717, 1.165) is 0 Å². The standard InChI is InChI=1S/C130H78S3/c1-3-30-82(31-4-1)121-103-65-60-87(96-43-23-50-117-127(96)108-41-17-19-49-116(108)131-117)74-112(103)125(93-59-56-80-28-9-12-36-86(80)72-93)115-77-94(64-69-106(115)121)133-119-52-20-18-42-109(119)129-98(45-25-53-120(129)133)89-62-67-105-114(75-89)126(100-47-21-37-81-29-13-14-38-95(81)100)107-68-63-90(76-113(107)122(105)83-32-5-2-6-33-83)99-46-22-48-110-128-97(44-24-51-118(128)132-130(99)110)88-61-66-104-111(73-88)124(92-58-55-79-27-8-11-35-85(79)71-92)102-40-16-15-39-101(102)123(104)91-57-54-78-26-7-10-34-84(78)70-91/h1-77,133H. The molecule has 0 aliphatic carbocycles. The highest BCUT2D eigenvalue weighted by atomic mass is 32.2. The number of thiol groups is 1. The normalized spacial score (nSPS) is 13.0. The van der Waals surface area contributed by atoms with Gasteiger partial charge in [-0.2, -0.15) is 10.9 Å². The molecule has 0 saturated carbocycles. The van der Waals surface area contributed by atoms with Crippen LogP contribution in [-0.2, 0) is 0 Å². The molecule has 27 aromatic rings. The molecule has 1 aliphatic rings. The largest absolute Gasteiger partial charge is 0.172 e. The van der Waals surface area contributed by atoms with Crippen molar-refractivity contribution in [1.82, 2.24) is 0 Å². The van der Waals surface area contributed by atoms with E-state index in [2.05, 4.69) is 467 Å². The molecular formula is C130H78S3. The van der Waals surface area contributed by atoms with Crippen LogP contribution in [0.15, 0.2) is 482 Å². The third kappa shape index (κ3) is 11.9. The molecule has 3 heteroatoms. The second kappa shape index (κ2) is 30.2. The fourth-order valence-electron chi connectivity index (χ4n) is 22.8. The minimum Gasteiger partial charge on any atom is -0.172 e. The molecule has 133 heavy (non-hydrogen) atoms. The molecule has 1 atom stereocenters. The smallest absolute Gasteiger partial charge is 0.0434 e. The van der Waals surface area contributed by atoms with Crippen LogP contribution in [0.1, 0.15) is 0 Å². The Bertz CT molecular complexity index is 9660. The van der Waals surface area contributed by atoms with Crippen molar-refractivity contribution in [3.63, 3.8) is 0 Å². The second-order valence-corrected chi connectivity index (χ2v) is 40.1. The third-order valence-corrected chi connectivity index (χ3v) is 33.5. The molecule has 2 aromatic heterocycles. The average Bonchev–Trinajstić information content (AvgIpc) is 1.39. The van der Waals surface area contributed by atoms with Gasteiger partial charge in [0, 0.05) is 55.7 Å². The number of thiophene rings is 2. The first-order valence-electron chi connectivity index (χ1n) is 46.0. The molecule has 3 heterocycles. The van der Waals surface area contributed by atoms with Crippen LogP contribution in [0, 0.1) is 0 Å². The van der Waals surface area contributed by atoms with Crippen molar-refractivity contribution in [2.45, 2.75) is 14.7 Å². The van der Waals surface area contributed by atoms with Crippen molar-refractivity contribution in [1.29, 1.82) is 0 Å². The highest BCUT2D eigenvalue weighted by Crippen LogP contribution is 2.66. The summed E-state index contributed by atoms with van der Waals surface area (Å²) < 4.78 is 5.15. The van der Waals surface area contributed by atoms with Crippen LogP contribution >= 0.6 is 33.6 Å². The number of fused-ring (bicyclic) bond motifs is 19. The molecule has 0 bridgehead atoms. The summed E-state index contributed by atoms with van der Waals surface area (Å²) in [5.41, 5.74) is 27.0.